The Balaban J connectivity index is 1.91. The highest BCUT2D eigenvalue weighted by Crippen LogP contribution is 2.30. The Bertz CT molecular complexity index is 1190. The van der Waals surface area contributed by atoms with E-state index in [2.05, 4.69) is 31.0 Å². The molecule has 0 unspecified atom stereocenters. The summed E-state index contributed by atoms with van der Waals surface area (Å²) < 4.78 is 7.16. The lowest BCUT2D eigenvalue weighted by Crippen LogP contribution is -2.24. The molecule has 0 fully saturated rings. The Morgan fingerprint density at radius 1 is 0.966 bits per heavy atom. The lowest BCUT2D eigenvalue weighted by atomic mass is 9.99. The number of rotatable bonds is 5. The molecule has 29 heavy (non-hydrogen) atoms. The number of ether oxygens (including phenoxy) is 1. The summed E-state index contributed by atoms with van der Waals surface area (Å²) in [4.78, 5) is 17.5. The molecule has 4 nitrogen and oxygen atoms in total. The number of aromatic nitrogens is 2. The minimum atomic E-state index is -0.255. The molecular formula is C25H24N2O2. The fraction of sp³-hybridized carbons (Fsp3) is 0.200. The van der Waals surface area contributed by atoms with Gasteiger partial charge in [-0.1, -0.05) is 68.4 Å². The topological polar surface area (TPSA) is 44.1 Å². The first-order chi connectivity index (χ1) is 14.1. The highest BCUT2D eigenvalue weighted by atomic mass is 16.5. The molecule has 0 saturated carbocycles. The average molecular weight is 384 g/mol. The molecule has 0 saturated heterocycles. The van der Waals surface area contributed by atoms with Gasteiger partial charge in [-0.05, 0) is 35.2 Å². The van der Waals surface area contributed by atoms with Crippen molar-refractivity contribution in [1.29, 1.82) is 0 Å². The van der Waals surface area contributed by atoms with Gasteiger partial charge in [0.25, 0.3) is 0 Å². The number of hydrogen-bond donors (Lipinski definition) is 0. The quantitative estimate of drug-likeness (QED) is 0.472. The van der Waals surface area contributed by atoms with Crippen molar-refractivity contribution in [3.63, 3.8) is 0 Å². The van der Waals surface area contributed by atoms with Gasteiger partial charge in [0.1, 0.15) is 5.75 Å². The van der Waals surface area contributed by atoms with E-state index in [9.17, 15) is 4.79 Å². The third-order valence-electron chi connectivity index (χ3n) is 5.22. The van der Waals surface area contributed by atoms with Crippen LogP contribution in [0.15, 0.2) is 77.6 Å². The van der Waals surface area contributed by atoms with Crippen LogP contribution in [0.5, 0.6) is 5.75 Å². The zero-order valence-electron chi connectivity index (χ0n) is 16.9. The van der Waals surface area contributed by atoms with Gasteiger partial charge in [-0.3, -0.25) is 4.57 Å². The van der Waals surface area contributed by atoms with E-state index in [4.69, 9.17) is 4.74 Å². The minimum Gasteiger partial charge on any atom is -0.497 e. The molecule has 0 radical (unpaired) electrons. The Labute approximate surface area is 170 Å². The number of nitrogens with zero attached hydrogens (tertiary/aromatic N) is 2. The van der Waals surface area contributed by atoms with Crippen LogP contribution in [0.1, 0.15) is 30.9 Å². The zero-order valence-corrected chi connectivity index (χ0v) is 16.9. The predicted octanol–water partition coefficient (Wildman–Crippen LogP) is 5.24. The maximum atomic E-state index is 13.0. The number of benzene rings is 3. The smallest absolute Gasteiger partial charge is 0.348 e. The lowest BCUT2D eigenvalue weighted by molar-refractivity contribution is 0.415. The minimum absolute atomic E-state index is 0.255. The van der Waals surface area contributed by atoms with Crippen molar-refractivity contribution < 1.29 is 4.74 Å². The summed E-state index contributed by atoms with van der Waals surface area (Å²) in [7, 11) is 1.64. The summed E-state index contributed by atoms with van der Waals surface area (Å²) in [6.07, 6.45) is 0. The third kappa shape index (κ3) is 3.79. The van der Waals surface area contributed by atoms with Gasteiger partial charge < -0.3 is 4.74 Å². The van der Waals surface area contributed by atoms with Crippen molar-refractivity contribution in [1.82, 2.24) is 9.55 Å². The maximum absolute atomic E-state index is 13.0. The summed E-state index contributed by atoms with van der Waals surface area (Å²) in [6, 6.07) is 24.0. The summed E-state index contributed by atoms with van der Waals surface area (Å²) in [5.41, 5.74) is 4.52. The summed E-state index contributed by atoms with van der Waals surface area (Å²) in [5.74, 6) is 1.19. The highest BCUT2D eigenvalue weighted by molar-refractivity contribution is 5.93. The van der Waals surface area contributed by atoms with Crippen LogP contribution in [0.4, 0.5) is 0 Å². The highest BCUT2D eigenvalue weighted by Gasteiger charge is 2.14. The second-order valence-electron chi connectivity index (χ2n) is 7.47. The van der Waals surface area contributed by atoms with E-state index < -0.39 is 0 Å². The first-order valence-electron chi connectivity index (χ1n) is 9.79. The SMILES string of the molecule is COc1ccc2c(c1)c(-c1ccc(C(C)C)cc1)nc(=O)n2Cc1ccccc1. The summed E-state index contributed by atoms with van der Waals surface area (Å²) in [5, 5.41) is 0.900. The fourth-order valence-electron chi connectivity index (χ4n) is 3.55. The van der Waals surface area contributed by atoms with Crippen molar-refractivity contribution in [2.75, 3.05) is 7.11 Å². The lowest BCUT2D eigenvalue weighted by Gasteiger charge is -2.14. The Kier molecular flexibility index (Phi) is 5.17. The molecule has 0 aliphatic carbocycles. The van der Waals surface area contributed by atoms with E-state index in [-0.39, 0.29) is 5.69 Å². The van der Waals surface area contributed by atoms with Crippen LogP contribution in [-0.4, -0.2) is 16.7 Å². The van der Waals surface area contributed by atoms with Crippen LogP contribution in [0.2, 0.25) is 0 Å². The number of fused-ring (bicyclic) bond motifs is 1. The van der Waals surface area contributed by atoms with Crippen LogP contribution in [0.3, 0.4) is 0 Å². The van der Waals surface area contributed by atoms with Crippen molar-refractivity contribution in [2.24, 2.45) is 0 Å². The molecule has 0 atom stereocenters. The van der Waals surface area contributed by atoms with Crippen LogP contribution in [-0.2, 0) is 6.54 Å². The Morgan fingerprint density at radius 2 is 1.69 bits per heavy atom. The molecule has 0 N–H and O–H groups in total. The first-order valence-corrected chi connectivity index (χ1v) is 9.79. The van der Waals surface area contributed by atoms with Gasteiger partial charge in [-0.15, -0.1) is 0 Å². The molecule has 4 aromatic rings. The van der Waals surface area contributed by atoms with Crippen LogP contribution >= 0.6 is 0 Å². The number of hydrogen-bond acceptors (Lipinski definition) is 3. The second-order valence-corrected chi connectivity index (χ2v) is 7.47. The molecule has 0 amide bonds. The van der Waals surface area contributed by atoms with Crippen LogP contribution in [0.25, 0.3) is 22.2 Å². The molecule has 0 bridgehead atoms. The van der Waals surface area contributed by atoms with Gasteiger partial charge in [0.05, 0.1) is 24.9 Å². The second kappa shape index (κ2) is 7.92. The van der Waals surface area contributed by atoms with Gasteiger partial charge in [0, 0.05) is 10.9 Å². The fourth-order valence-corrected chi connectivity index (χ4v) is 3.55. The Hall–Kier alpha value is -3.40. The van der Waals surface area contributed by atoms with Gasteiger partial charge in [-0.2, -0.15) is 4.98 Å². The van der Waals surface area contributed by atoms with Gasteiger partial charge in [-0.25, -0.2) is 4.79 Å². The van der Waals surface area contributed by atoms with E-state index in [1.165, 1.54) is 5.56 Å². The normalized spacial score (nSPS) is 11.2. The summed E-state index contributed by atoms with van der Waals surface area (Å²) in [6.45, 7) is 4.80. The molecule has 4 heteroatoms. The molecule has 1 aromatic heterocycles. The third-order valence-corrected chi connectivity index (χ3v) is 5.22. The monoisotopic (exact) mass is 384 g/mol. The molecular weight excluding hydrogens is 360 g/mol. The molecule has 3 aromatic carbocycles. The van der Waals surface area contributed by atoms with Crippen LogP contribution in [0, 0.1) is 0 Å². The maximum Gasteiger partial charge on any atom is 0.348 e. The van der Waals surface area contributed by atoms with Crippen molar-refractivity contribution in [2.45, 2.75) is 26.3 Å². The van der Waals surface area contributed by atoms with E-state index >= 15 is 0 Å². The molecule has 1 heterocycles. The average Bonchev–Trinajstić information content (AvgIpc) is 2.76. The molecule has 0 spiro atoms. The molecule has 4 rings (SSSR count). The van der Waals surface area contributed by atoms with E-state index in [0.29, 0.717) is 18.2 Å². The van der Waals surface area contributed by atoms with E-state index in [0.717, 1.165) is 27.8 Å². The first kappa shape index (κ1) is 18.9. The largest absolute Gasteiger partial charge is 0.497 e. The van der Waals surface area contributed by atoms with Gasteiger partial charge in [0.2, 0.25) is 0 Å². The van der Waals surface area contributed by atoms with E-state index in [1.807, 2.05) is 60.7 Å². The number of methoxy groups -OCH3 is 1. The van der Waals surface area contributed by atoms with Crippen molar-refractivity contribution in [3.8, 4) is 17.0 Å². The standard InChI is InChI=1S/C25H24N2O2/c1-17(2)19-9-11-20(12-10-19)24-22-15-21(29-3)13-14-23(22)27(25(28)26-24)16-18-7-5-4-6-8-18/h4-15,17H,16H2,1-3H3. The van der Waals surface area contributed by atoms with Gasteiger partial charge >= 0.3 is 5.69 Å². The molecule has 0 aliphatic heterocycles. The van der Waals surface area contributed by atoms with Crippen LogP contribution < -0.4 is 10.4 Å². The molecule has 0 aliphatic rings. The predicted molar refractivity (Wildman–Crippen MR) is 118 cm³/mol. The Morgan fingerprint density at radius 3 is 2.34 bits per heavy atom. The van der Waals surface area contributed by atoms with E-state index in [1.54, 1.807) is 11.7 Å². The van der Waals surface area contributed by atoms with Gasteiger partial charge in [0.15, 0.2) is 0 Å². The zero-order chi connectivity index (χ0) is 20.4. The van der Waals surface area contributed by atoms with Crippen molar-refractivity contribution in [3.05, 3.63) is 94.4 Å². The van der Waals surface area contributed by atoms with Crippen molar-refractivity contribution >= 4 is 10.9 Å². The summed E-state index contributed by atoms with van der Waals surface area (Å²) >= 11 is 0. The molecule has 146 valence electrons.